The van der Waals surface area contributed by atoms with Gasteiger partial charge in [0.1, 0.15) is 0 Å². The second-order valence-electron chi connectivity index (χ2n) is 4.03. The molecule has 0 radical (unpaired) electrons. The van der Waals surface area contributed by atoms with Gasteiger partial charge in [-0.15, -0.1) is 0 Å². The molecule has 1 aliphatic rings. The lowest BCUT2D eigenvalue weighted by Crippen LogP contribution is -2.21. The number of hydrogen-bond acceptors (Lipinski definition) is 1. The fraction of sp³-hybridized carbons (Fsp3) is 0.636. The summed E-state index contributed by atoms with van der Waals surface area (Å²) in [6, 6.07) is 0. The summed E-state index contributed by atoms with van der Waals surface area (Å²) in [4.78, 5) is 1.72. The van der Waals surface area contributed by atoms with Gasteiger partial charge in [-0.05, 0) is 24.8 Å². The zero-order valence-corrected chi connectivity index (χ0v) is 9.23. The fourth-order valence-electron chi connectivity index (χ4n) is 1.61. The Labute approximate surface area is 88.3 Å². The van der Waals surface area contributed by atoms with E-state index >= 15 is 0 Å². The van der Waals surface area contributed by atoms with E-state index in [1.165, 1.54) is 6.08 Å². The summed E-state index contributed by atoms with van der Waals surface area (Å²) in [6.45, 7) is 1.91. The Balaban J connectivity index is 2.97. The molecular formula is C11H16F3N. The molecule has 0 bridgehead atoms. The van der Waals surface area contributed by atoms with Crippen molar-refractivity contribution >= 4 is 0 Å². The molecule has 4 heteroatoms. The van der Waals surface area contributed by atoms with Crippen LogP contribution in [0.15, 0.2) is 23.4 Å². The maximum atomic E-state index is 12.6. The Morgan fingerprint density at radius 2 is 2.00 bits per heavy atom. The van der Waals surface area contributed by atoms with Crippen LogP contribution in [-0.4, -0.2) is 25.2 Å². The van der Waals surface area contributed by atoms with E-state index in [-0.39, 0.29) is 12.3 Å². The molecule has 0 saturated heterocycles. The van der Waals surface area contributed by atoms with Gasteiger partial charge in [0.2, 0.25) is 0 Å². The van der Waals surface area contributed by atoms with E-state index in [2.05, 4.69) is 0 Å². The van der Waals surface area contributed by atoms with Gasteiger partial charge in [-0.2, -0.15) is 13.2 Å². The zero-order chi connectivity index (χ0) is 11.6. The third-order valence-electron chi connectivity index (χ3n) is 2.62. The first-order chi connectivity index (χ1) is 6.84. The first-order valence-corrected chi connectivity index (χ1v) is 5.01. The summed E-state index contributed by atoms with van der Waals surface area (Å²) >= 11 is 0. The molecule has 0 aromatic rings. The summed E-state index contributed by atoms with van der Waals surface area (Å²) in [5.41, 5.74) is 0.237. The van der Waals surface area contributed by atoms with Gasteiger partial charge in [0.05, 0.1) is 0 Å². The maximum Gasteiger partial charge on any atom is 0.412 e. The van der Waals surface area contributed by atoms with E-state index < -0.39 is 11.7 Å². The van der Waals surface area contributed by atoms with Crippen molar-refractivity contribution in [2.45, 2.75) is 25.9 Å². The summed E-state index contributed by atoms with van der Waals surface area (Å²) in [5.74, 6) is 0.00373. The molecule has 86 valence electrons. The van der Waals surface area contributed by atoms with Crippen molar-refractivity contribution < 1.29 is 13.2 Å². The molecule has 0 heterocycles. The summed E-state index contributed by atoms with van der Waals surface area (Å²) in [7, 11) is 3.52. The van der Waals surface area contributed by atoms with Crippen molar-refractivity contribution in [3.63, 3.8) is 0 Å². The van der Waals surface area contributed by atoms with Crippen LogP contribution in [0.3, 0.4) is 0 Å². The number of rotatable bonds is 2. The molecule has 0 saturated carbocycles. The molecule has 0 aliphatic heterocycles. The van der Waals surface area contributed by atoms with E-state index in [4.69, 9.17) is 0 Å². The predicted octanol–water partition coefficient (Wildman–Crippen LogP) is 3.35. The molecule has 1 unspecified atom stereocenters. The quantitative estimate of drug-likeness (QED) is 0.688. The molecule has 1 nitrogen and oxygen atoms in total. The van der Waals surface area contributed by atoms with E-state index in [9.17, 15) is 13.2 Å². The number of allylic oxidation sites excluding steroid dienone is 3. The van der Waals surface area contributed by atoms with Crippen molar-refractivity contribution in [1.29, 1.82) is 0 Å². The van der Waals surface area contributed by atoms with E-state index in [0.717, 1.165) is 6.42 Å². The van der Waals surface area contributed by atoms with Gasteiger partial charge in [-0.25, -0.2) is 0 Å². The van der Waals surface area contributed by atoms with Crippen LogP contribution in [0, 0.1) is 5.92 Å². The molecule has 0 fully saturated rings. The van der Waals surface area contributed by atoms with Crippen LogP contribution in [-0.2, 0) is 0 Å². The van der Waals surface area contributed by atoms with Crippen LogP contribution in [0.1, 0.15) is 19.8 Å². The summed E-state index contributed by atoms with van der Waals surface area (Å²) in [6.07, 6.45) is -0.188. The van der Waals surface area contributed by atoms with Gasteiger partial charge in [0.25, 0.3) is 0 Å². The molecular weight excluding hydrogens is 203 g/mol. The van der Waals surface area contributed by atoms with Gasteiger partial charge >= 0.3 is 6.18 Å². The van der Waals surface area contributed by atoms with Gasteiger partial charge in [-0.3, -0.25) is 0 Å². The highest BCUT2D eigenvalue weighted by Gasteiger charge is 2.36. The van der Waals surface area contributed by atoms with E-state index in [0.29, 0.717) is 5.70 Å². The highest BCUT2D eigenvalue weighted by Crippen LogP contribution is 2.36. The normalized spacial score (nSPS) is 22.1. The number of halogens is 3. The van der Waals surface area contributed by atoms with Crippen molar-refractivity contribution in [3.8, 4) is 0 Å². The Morgan fingerprint density at radius 3 is 2.40 bits per heavy atom. The second kappa shape index (κ2) is 4.29. The maximum absolute atomic E-state index is 12.6. The number of nitrogens with zero attached hydrogens (tertiary/aromatic N) is 1. The zero-order valence-electron chi connectivity index (χ0n) is 9.23. The SMILES string of the molecule is CCC1C=C(N(C)C)C=C(C(F)(F)F)C1. The first-order valence-electron chi connectivity index (χ1n) is 5.01. The lowest BCUT2D eigenvalue weighted by molar-refractivity contribution is -0.0953. The summed E-state index contributed by atoms with van der Waals surface area (Å²) < 4.78 is 37.7. The lowest BCUT2D eigenvalue weighted by Gasteiger charge is -2.25. The minimum atomic E-state index is -4.19. The van der Waals surface area contributed by atoms with Gasteiger partial charge in [-0.1, -0.05) is 13.0 Å². The van der Waals surface area contributed by atoms with Crippen molar-refractivity contribution in [2.24, 2.45) is 5.92 Å². The second-order valence-corrected chi connectivity index (χ2v) is 4.03. The van der Waals surface area contributed by atoms with E-state index in [1.807, 2.05) is 13.0 Å². The van der Waals surface area contributed by atoms with Crippen LogP contribution in [0.4, 0.5) is 13.2 Å². The monoisotopic (exact) mass is 219 g/mol. The molecule has 0 spiro atoms. The van der Waals surface area contributed by atoms with Crippen LogP contribution < -0.4 is 0 Å². The van der Waals surface area contributed by atoms with Crippen LogP contribution >= 0.6 is 0 Å². The highest BCUT2D eigenvalue weighted by atomic mass is 19.4. The molecule has 0 aromatic heterocycles. The molecule has 0 N–H and O–H groups in total. The molecule has 0 amide bonds. The number of likely N-dealkylation sites (N-methyl/N-ethyl adjacent to an activating group) is 1. The topological polar surface area (TPSA) is 3.24 Å². The van der Waals surface area contributed by atoms with Gasteiger partial charge < -0.3 is 4.90 Å². The van der Waals surface area contributed by atoms with Crippen molar-refractivity contribution in [2.75, 3.05) is 14.1 Å². The fourth-order valence-corrected chi connectivity index (χ4v) is 1.61. The molecule has 1 atom stereocenters. The molecule has 1 rings (SSSR count). The number of alkyl halides is 3. The largest absolute Gasteiger partial charge is 0.412 e. The summed E-state index contributed by atoms with van der Waals surface area (Å²) in [5, 5.41) is 0. The minimum absolute atomic E-state index is 0.00373. The van der Waals surface area contributed by atoms with E-state index in [1.54, 1.807) is 19.0 Å². The third kappa shape index (κ3) is 3.01. The third-order valence-corrected chi connectivity index (χ3v) is 2.62. The average Bonchev–Trinajstić information content (AvgIpc) is 2.15. The van der Waals surface area contributed by atoms with Crippen LogP contribution in [0.25, 0.3) is 0 Å². The minimum Gasteiger partial charge on any atom is -0.378 e. The van der Waals surface area contributed by atoms with Crippen LogP contribution in [0.5, 0.6) is 0 Å². The Hall–Kier alpha value is -0.930. The highest BCUT2D eigenvalue weighted by molar-refractivity contribution is 5.30. The predicted molar refractivity (Wildman–Crippen MR) is 54.3 cm³/mol. The smallest absolute Gasteiger partial charge is 0.378 e. The van der Waals surface area contributed by atoms with Gasteiger partial charge in [0.15, 0.2) is 0 Å². The lowest BCUT2D eigenvalue weighted by atomic mass is 9.90. The molecule has 1 aliphatic carbocycles. The Morgan fingerprint density at radius 1 is 1.40 bits per heavy atom. The molecule has 0 aromatic carbocycles. The van der Waals surface area contributed by atoms with Crippen molar-refractivity contribution in [1.82, 2.24) is 4.90 Å². The first kappa shape index (κ1) is 12.1. The Kier molecular flexibility index (Phi) is 3.47. The van der Waals surface area contributed by atoms with Crippen LogP contribution in [0.2, 0.25) is 0 Å². The molecule has 15 heavy (non-hydrogen) atoms. The van der Waals surface area contributed by atoms with Crippen molar-refractivity contribution in [3.05, 3.63) is 23.4 Å². The van der Waals surface area contributed by atoms with Gasteiger partial charge in [0, 0.05) is 25.4 Å². The standard InChI is InChI=1S/C11H16F3N/c1-4-8-5-9(11(12,13)14)7-10(6-8)15(2)3/h6-8H,4-5H2,1-3H3. The average molecular weight is 219 g/mol. The number of hydrogen-bond donors (Lipinski definition) is 0. The Bertz CT molecular complexity index is 287.